The van der Waals surface area contributed by atoms with Gasteiger partial charge in [-0.1, -0.05) is 11.8 Å². The van der Waals surface area contributed by atoms with Gasteiger partial charge >= 0.3 is 0 Å². The lowest BCUT2D eigenvalue weighted by atomic mass is 9.90. The Kier molecular flexibility index (Phi) is 4.63. The Morgan fingerprint density at radius 1 is 1.33 bits per heavy atom. The van der Waals surface area contributed by atoms with E-state index >= 15 is 0 Å². The van der Waals surface area contributed by atoms with E-state index in [0.717, 1.165) is 49.7 Å². The Bertz CT molecular complexity index is 498. The van der Waals surface area contributed by atoms with Crippen molar-refractivity contribution in [2.45, 2.75) is 43.3 Å². The number of aromatic nitrogens is 2. The molecule has 1 aromatic rings. The normalized spacial score (nSPS) is 20.1. The summed E-state index contributed by atoms with van der Waals surface area (Å²) in [6.45, 7) is 1.79. The number of thioether (sulfide) groups is 1. The number of amides is 1. The van der Waals surface area contributed by atoms with Gasteiger partial charge in [0.15, 0.2) is 5.16 Å². The number of carbonyl (C=O) groups excluding carboxylic acids is 1. The summed E-state index contributed by atoms with van der Waals surface area (Å²) in [7, 11) is 0. The van der Waals surface area contributed by atoms with Gasteiger partial charge in [0, 0.05) is 31.2 Å². The van der Waals surface area contributed by atoms with E-state index in [-0.39, 0.29) is 11.8 Å². The number of carbonyl (C=O) groups is 1. The molecule has 5 nitrogen and oxygen atoms in total. The van der Waals surface area contributed by atoms with Crippen molar-refractivity contribution in [1.29, 1.82) is 0 Å². The molecule has 2 aliphatic rings. The summed E-state index contributed by atoms with van der Waals surface area (Å²) in [5.74, 6) is 1.41. The third-order valence-corrected chi connectivity index (χ3v) is 5.00. The summed E-state index contributed by atoms with van der Waals surface area (Å²) in [6.07, 6.45) is 9.19. The van der Waals surface area contributed by atoms with Gasteiger partial charge in [-0.2, -0.15) is 0 Å². The SMILES string of the molecule is CSc1nccc(N2CCC(C(=O)NC3CCC3)CC2)n1. The van der Waals surface area contributed by atoms with Crippen LogP contribution in [0, 0.1) is 5.92 Å². The zero-order chi connectivity index (χ0) is 14.7. The van der Waals surface area contributed by atoms with Gasteiger partial charge in [-0.05, 0) is 44.4 Å². The minimum atomic E-state index is 0.170. The van der Waals surface area contributed by atoms with Crippen LogP contribution in [0.3, 0.4) is 0 Å². The molecule has 1 N–H and O–H groups in total. The summed E-state index contributed by atoms with van der Waals surface area (Å²) in [6, 6.07) is 2.40. The van der Waals surface area contributed by atoms with Gasteiger partial charge in [0.25, 0.3) is 0 Å². The number of hydrogen-bond donors (Lipinski definition) is 1. The van der Waals surface area contributed by atoms with Crippen LogP contribution in [0.5, 0.6) is 0 Å². The van der Waals surface area contributed by atoms with Gasteiger partial charge in [0.2, 0.25) is 5.91 Å². The topological polar surface area (TPSA) is 58.1 Å². The molecule has 0 radical (unpaired) electrons. The average molecular weight is 306 g/mol. The molecule has 114 valence electrons. The van der Waals surface area contributed by atoms with E-state index in [4.69, 9.17) is 0 Å². The van der Waals surface area contributed by atoms with Crippen molar-refractivity contribution in [1.82, 2.24) is 15.3 Å². The van der Waals surface area contributed by atoms with Crippen molar-refractivity contribution in [2.75, 3.05) is 24.2 Å². The Morgan fingerprint density at radius 2 is 2.10 bits per heavy atom. The highest BCUT2D eigenvalue weighted by Crippen LogP contribution is 2.24. The molecule has 0 spiro atoms. The van der Waals surface area contributed by atoms with Crippen LogP contribution in [0.1, 0.15) is 32.1 Å². The Balaban J connectivity index is 1.53. The number of nitrogens with one attached hydrogen (secondary N) is 1. The molecule has 3 rings (SSSR count). The van der Waals surface area contributed by atoms with Crippen LogP contribution in [0.25, 0.3) is 0 Å². The molecule has 0 unspecified atom stereocenters. The Morgan fingerprint density at radius 3 is 2.71 bits per heavy atom. The van der Waals surface area contributed by atoms with Crippen molar-refractivity contribution < 1.29 is 4.79 Å². The van der Waals surface area contributed by atoms with Crippen molar-refractivity contribution >= 4 is 23.5 Å². The highest BCUT2D eigenvalue weighted by Gasteiger charge is 2.28. The first-order valence-corrected chi connectivity index (χ1v) is 8.91. The predicted octanol–water partition coefficient (Wildman–Crippen LogP) is 2.08. The number of rotatable bonds is 4. The summed E-state index contributed by atoms with van der Waals surface area (Å²) in [5, 5.41) is 3.98. The standard InChI is InChI=1S/C15H22N4OS/c1-21-15-16-8-5-13(18-15)19-9-6-11(7-10-19)14(20)17-12-3-2-4-12/h5,8,11-12H,2-4,6-7,9-10H2,1H3,(H,17,20). The first-order valence-electron chi connectivity index (χ1n) is 7.68. The summed E-state index contributed by atoms with van der Waals surface area (Å²) >= 11 is 1.56. The van der Waals surface area contributed by atoms with Crippen LogP contribution in [0.15, 0.2) is 17.4 Å². The minimum Gasteiger partial charge on any atom is -0.356 e. The van der Waals surface area contributed by atoms with Crippen LogP contribution >= 0.6 is 11.8 Å². The fourth-order valence-electron chi connectivity index (χ4n) is 2.85. The molecule has 1 saturated heterocycles. The zero-order valence-electron chi connectivity index (χ0n) is 12.4. The molecule has 21 heavy (non-hydrogen) atoms. The first kappa shape index (κ1) is 14.6. The Labute approximate surface area is 129 Å². The fraction of sp³-hybridized carbons (Fsp3) is 0.667. The smallest absolute Gasteiger partial charge is 0.223 e. The molecule has 1 saturated carbocycles. The molecule has 1 aromatic heterocycles. The molecular weight excluding hydrogens is 284 g/mol. The predicted molar refractivity (Wildman–Crippen MR) is 84.5 cm³/mol. The van der Waals surface area contributed by atoms with Gasteiger partial charge in [-0.25, -0.2) is 9.97 Å². The van der Waals surface area contributed by atoms with E-state index in [0.29, 0.717) is 6.04 Å². The third kappa shape index (κ3) is 3.48. The fourth-order valence-corrected chi connectivity index (χ4v) is 3.20. The molecule has 0 bridgehead atoms. The number of piperidine rings is 1. The van der Waals surface area contributed by atoms with Crippen LogP contribution in [0.2, 0.25) is 0 Å². The molecule has 6 heteroatoms. The maximum Gasteiger partial charge on any atom is 0.223 e. The van der Waals surface area contributed by atoms with E-state index in [1.54, 1.807) is 11.8 Å². The van der Waals surface area contributed by atoms with Gasteiger partial charge in [-0.15, -0.1) is 0 Å². The highest BCUT2D eigenvalue weighted by atomic mass is 32.2. The van der Waals surface area contributed by atoms with Crippen molar-refractivity contribution in [3.05, 3.63) is 12.3 Å². The molecule has 1 amide bonds. The highest BCUT2D eigenvalue weighted by molar-refractivity contribution is 7.98. The summed E-state index contributed by atoms with van der Waals surface area (Å²) < 4.78 is 0. The minimum absolute atomic E-state index is 0.170. The molecule has 0 aromatic carbocycles. The largest absolute Gasteiger partial charge is 0.356 e. The van der Waals surface area contributed by atoms with Crippen LogP contribution in [-0.4, -0.2) is 41.3 Å². The summed E-state index contributed by atoms with van der Waals surface area (Å²) in [4.78, 5) is 23.2. The van der Waals surface area contributed by atoms with Crippen LogP contribution < -0.4 is 10.2 Å². The second-order valence-corrected chi connectivity index (χ2v) is 6.57. The number of anilines is 1. The van der Waals surface area contributed by atoms with E-state index in [1.165, 1.54) is 6.42 Å². The molecule has 2 heterocycles. The van der Waals surface area contributed by atoms with Gasteiger partial charge in [0.05, 0.1) is 0 Å². The average Bonchev–Trinajstić information content (AvgIpc) is 2.51. The first-order chi connectivity index (χ1) is 10.3. The summed E-state index contributed by atoms with van der Waals surface area (Å²) in [5.41, 5.74) is 0. The molecule has 1 aliphatic heterocycles. The van der Waals surface area contributed by atoms with Crippen LogP contribution in [-0.2, 0) is 4.79 Å². The second kappa shape index (κ2) is 6.64. The van der Waals surface area contributed by atoms with E-state index < -0.39 is 0 Å². The second-order valence-electron chi connectivity index (χ2n) is 5.80. The van der Waals surface area contributed by atoms with Gasteiger partial charge in [0.1, 0.15) is 5.82 Å². The number of hydrogen-bond acceptors (Lipinski definition) is 5. The molecule has 0 atom stereocenters. The van der Waals surface area contributed by atoms with Crippen molar-refractivity contribution in [2.24, 2.45) is 5.92 Å². The quantitative estimate of drug-likeness (QED) is 0.682. The third-order valence-electron chi connectivity index (χ3n) is 4.44. The maximum absolute atomic E-state index is 12.2. The lowest BCUT2D eigenvalue weighted by Crippen LogP contribution is -2.46. The number of nitrogens with zero attached hydrogens (tertiary/aromatic N) is 3. The maximum atomic E-state index is 12.2. The van der Waals surface area contributed by atoms with Gasteiger partial charge in [-0.3, -0.25) is 4.79 Å². The lowest BCUT2D eigenvalue weighted by Gasteiger charge is -2.34. The molecule has 1 aliphatic carbocycles. The van der Waals surface area contributed by atoms with Gasteiger partial charge < -0.3 is 10.2 Å². The van der Waals surface area contributed by atoms with Crippen LogP contribution in [0.4, 0.5) is 5.82 Å². The van der Waals surface area contributed by atoms with Crippen molar-refractivity contribution in [3.8, 4) is 0 Å². The molecular formula is C15H22N4OS. The Hall–Kier alpha value is -1.30. The zero-order valence-corrected chi connectivity index (χ0v) is 13.2. The van der Waals surface area contributed by atoms with E-state index in [9.17, 15) is 4.79 Å². The van der Waals surface area contributed by atoms with E-state index in [2.05, 4.69) is 20.2 Å². The van der Waals surface area contributed by atoms with E-state index in [1.807, 2.05) is 18.5 Å². The lowest BCUT2D eigenvalue weighted by molar-refractivity contribution is -0.126. The monoisotopic (exact) mass is 306 g/mol. The molecule has 2 fully saturated rings. The van der Waals surface area contributed by atoms with Crippen molar-refractivity contribution in [3.63, 3.8) is 0 Å².